The van der Waals surface area contributed by atoms with Gasteiger partial charge in [-0.2, -0.15) is 4.39 Å². The molecule has 0 atom stereocenters. The van der Waals surface area contributed by atoms with E-state index in [1.54, 1.807) is 12.1 Å². The van der Waals surface area contributed by atoms with Crippen LogP contribution in [0.4, 0.5) is 18.9 Å². The Hall–Kier alpha value is -3.40. The third-order valence-electron chi connectivity index (χ3n) is 4.92. The van der Waals surface area contributed by atoms with Gasteiger partial charge in [0, 0.05) is 23.7 Å². The highest BCUT2D eigenvalue weighted by Crippen LogP contribution is 2.34. The number of nitrogens with one attached hydrogen (secondary N) is 2. The number of anilines is 1. The molecule has 31 heavy (non-hydrogen) atoms. The smallest absolute Gasteiger partial charge is 0.266 e. The molecule has 160 valence electrons. The maximum atomic E-state index is 14.8. The molecule has 0 bridgehead atoms. The van der Waals surface area contributed by atoms with Crippen LogP contribution in [0.25, 0.3) is 0 Å². The van der Waals surface area contributed by atoms with Crippen molar-refractivity contribution in [1.29, 1.82) is 0 Å². The van der Waals surface area contributed by atoms with Crippen LogP contribution in [0, 0.1) is 24.5 Å². The van der Waals surface area contributed by atoms with Gasteiger partial charge in [0.1, 0.15) is 4.90 Å². The summed E-state index contributed by atoms with van der Waals surface area (Å²) >= 11 is 0. The Morgan fingerprint density at radius 2 is 1.81 bits per heavy atom. The number of pyridine rings is 1. The number of fused-ring (bicyclic) bond motifs is 1. The molecular weight excluding hydrogens is 429 g/mol. The SMILES string of the molecule is Cc1ccccc1Cc1c(F)c(F)cc2c1NC(=NCc1cccnc1F)NS2(=O)=O. The Morgan fingerprint density at radius 3 is 2.55 bits per heavy atom. The average molecular weight is 446 g/mol. The first-order chi connectivity index (χ1) is 14.8. The zero-order valence-electron chi connectivity index (χ0n) is 16.3. The molecule has 0 fully saturated rings. The summed E-state index contributed by atoms with van der Waals surface area (Å²) in [4.78, 5) is 7.13. The van der Waals surface area contributed by atoms with Gasteiger partial charge in [-0.1, -0.05) is 30.3 Å². The summed E-state index contributed by atoms with van der Waals surface area (Å²) in [5.74, 6) is -3.39. The number of aryl methyl sites for hydroxylation is 1. The number of nitrogens with zero attached hydrogens (tertiary/aromatic N) is 2. The first kappa shape index (κ1) is 20.9. The van der Waals surface area contributed by atoms with Crippen molar-refractivity contribution in [3.63, 3.8) is 0 Å². The molecule has 0 unspecified atom stereocenters. The molecule has 0 aliphatic carbocycles. The fraction of sp³-hybridized carbons (Fsp3) is 0.143. The van der Waals surface area contributed by atoms with E-state index in [0.29, 0.717) is 11.6 Å². The summed E-state index contributed by atoms with van der Waals surface area (Å²) < 4.78 is 70.3. The van der Waals surface area contributed by atoms with Crippen LogP contribution in [0.1, 0.15) is 22.3 Å². The monoisotopic (exact) mass is 446 g/mol. The van der Waals surface area contributed by atoms with Gasteiger partial charge in [-0.05, 0) is 30.2 Å². The highest BCUT2D eigenvalue weighted by Gasteiger charge is 2.32. The molecule has 10 heteroatoms. The molecule has 0 spiro atoms. The molecule has 0 radical (unpaired) electrons. The van der Waals surface area contributed by atoms with Gasteiger partial charge in [0.15, 0.2) is 11.6 Å². The van der Waals surface area contributed by atoms with Crippen LogP contribution in [-0.2, 0) is 23.0 Å². The van der Waals surface area contributed by atoms with Crippen LogP contribution in [0.15, 0.2) is 58.5 Å². The van der Waals surface area contributed by atoms with Gasteiger partial charge < -0.3 is 5.32 Å². The average Bonchev–Trinajstić information content (AvgIpc) is 2.72. The molecule has 1 aliphatic heterocycles. The fourth-order valence-electron chi connectivity index (χ4n) is 3.27. The maximum absolute atomic E-state index is 14.8. The molecule has 2 heterocycles. The minimum Gasteiger partial charge on any atom is -0.324 e. The topological polar surface area (TPSA) is 83.4 Å². The van der Waals surface area contributed by atoms with E-state index in [1.165, 1.54) is 18.3 Å². The van der Waals surface area contributed by atoms with Crippen molar-refractivity contribution in [3.8, 4) is 0 Å². The van der Waals surface area contributed by atoms with Gasteiger partial charge in [-0.3, -0.25) is 0 Å². The molecule has 1 aliphatic rings. The van der Waals surface area contributed by atoms with Gasteiger partial charge in [0.05, 0.1) is 12.2 Å². The van der Waals surface area contributed by atoms with E-state index in [-0.39, 0.29) is 35.7 Å². The lowest BCUT2D eigenvalue weighted by Crippen LogP contribution is -2.41. The predicted octanol–water partition coefficient (Wildman–Crippen LogP) is 3.66. The minimum atomic E-state index is -4.23. The van der Waals surface area contributed by atoms with Crippen molar-refractivity contribution < 1.29 is 21.6 Å². The van der Waals surface area contributed by atoms with E-state index in [2.05, 4.69) is 20.0 Å². The molecule has 4 rings (SSSR count). The Labute approximate surface area is 176 Å². The molecule has 1 aromatic heterocycles. The van der Waals surface area contributed by atoms with E-state index in [4.69, 9.17) is 0 Å². The van der Waals surface area contributed by atoms with Gasteiger partial charge in [0.2, 0.25) is 11.9 Å². The number of aromatic nitrogens is 1. The lowest BCUT2D eigenvalue weighted by Gasteiger charge is -2.25. The first-order valence-corrected chi connectivity index (χ1v) is 10.7. The van der Waals surface area contributed by atoms with Crippen molar-refractivity contribution in [2.24, 2.45) is 4.99 Å². The molecule has 2 aromatic carbocycles. The summed E-state index contributed by atoms with van der Waals surface area (Å²) in [6, 6.07) is 10.7. The van der Waals surface area contributed by atoms with Crippen molar-refractivity contribution in [2.45, 2.75) is 24.8 Å². The zero-order chi connectivity index (χ0) is 22.2. The largest absolute Gasteiger partial charge is 0.324 e. The second-order valence-corrected chi connectivity index (χ2v) is 8.63. The normalized spacial score (nSPS) is 15.8. The van der Waals surface area contributed by atoms with Crippen LogP contribution in [0.5, 0.6) is 0 Å². The Kier molecular flexibility index (Phi) is 5.40. The van der Waals surface area contributed by atoms with Crippen molar-refractivity contribution in [1.82, 2.24) is 9.71 Å². The maximum Gasteiger partial charge on any atom is 0.266 e. The predicted molar refractivity (Wildman–Crippen MR) is 110 cm³/mol. The second-order valence-electron chi connectivity index (χ2n) is 6.98. The van der Waals surface area contributed by atoms with Crippen molar-refractivity contribution in [3.05, 3.63) is 88.5 Å². The number of rotatable bonds is 4. The molecular formula is C21H17F3N4O2S. The molecule has 6 nitrogen and oxygen atoms in total. The standard InChI is InChI=1S/C21H17F3N4O2S/c1-12-5-2-3-6-13(12)9-15-18(23)16(22)10-17-19(15)27-21(28-31(17,29)30)26-11-14-7-4-8-25-20(14)24/h2-8,10H,9,11H2,1H3,(H2,26,27,28). The molecule has 0 saturated carbocycles. The van der Waals surface area contributed by atoms with Crippen LogP contribution in [0.3, 0.4) is 0 Å². The van der Waals surface area contributed by atoms with Crippen molar-refractivity contribution in [2.75, 3.05) is 5.32 Å². The minimum absolute atomic E-state index is 0.0361. The van der Waals surface area contributed by atoms with E-state index >= 15 is 0 Å². The summed E-state index contributed by atoms with van der Waals surface area (Å²) in [7, 11) is -4.23. The van der Waals surface area contributed by atoms with E-state index in [1.807, 2.05) is 19.1 Å². The van der Waals surface area contributed by atoms with E-state index < -0.39 is 32.5 Å². The summed E-state index contributed by atoms with van der Waals surface area (Å²) in [5, 5.41) is 2.73. The Bertz CT molecular complexity index is 1310. The summed E-state index contributed by atoms with van der Waals surface area (Å²) in [6.45, 7) is 1.61. The van der Waals surface area contributed by atoms with Gasteiger partial charge in [0.25, 0.3) is 10.0 Å². The summed E-state index contributed by atoms with van der Waals surface area (Å²) in [6.07, 6.45) is 1.24. The number of sulfonamides is 1. The fourth-order valence-corrected chi connectivity index (χ4v) is 4.45. The number of benzene rings is 2. The van der Waals surface area contributed by atoms with Crippen molar-refractivity contribution >= 4 is 21.7 Å². The molecule has 0 saturated heterocycles. The lowest BCUT2D eigenvalue weighted by molar-refractivity contribution is 0.497. The number of hydrogen-bond donors (Lipinski definition) is 2. The van der Waals surface area contributed by atoms with Crippen LogP contribution in [0.2, 0.25) is 0 Å². The van der Waals surface area contributed by atoms with Crippen LogP contribution < -0.4 is 10.0 Å². The highest BCUT2D eigenvalue weighted by atomic mass is 32.2. The molecule has 2 N–H and O–H groups in total. The third-order valence-corrected chi connectivity index (χ3v) is 6.28. The van der Waals surface area contributed by atoms with E-state index in [0.717, 1.165) is 5.56 Å². The number of aliphatic imine (C=N–C) groups is 1. The number of hydrogen-bond acceptors (Lipinski definition) is 4. The lowest BCUT2D eigenvalue weighted by atomic mass is 9.98. The molecule has 0 amide bonds. The highest BCUT2D eigenvalue weighted by molar-refractivity contribution is 7.90. The van der Waals surface area contributed by atoms with E-state index in [9.17, 15) is 21.6 Å². The van der Waals surface area contributed by atoms with Crippen LogP contribution >= 0.6 is 0 Å². The van der Waals surface area contributed by atoms with Gasteiger partial charge >= 0.3 is 0 Å². The Morgan fingerprint density at radius 1 is 1.06 bits per heavy atom. The Balaban J connectivity index is 1.78. The quantitative estimate of drug-likeness (QED) is 0.600. The van der Waals surface area contributed by atoms with Gasteiger partial charge in [-0.25, -0.2) is 31.9 Å². The zero-order valence-corrected chi connectivity index (χ0v) is 17.1. The summed E-state index contributed by atoms with van der Waals surface area (Å²) in [5.41, 5.74) is 1.45. The van der Waals surface area contributed by atoms with Gasteiger partial charge in [-0.15, -0.1) is 0 Å². The molecule has 3 aromatic rings. The van der Waals surface area contributed by atoms with Crippen LogP contribution in [-0.4, -0.2) is 19.4 Å². The second kappa shape index (κ2) is 8.03. The first-order valence-electron chi connectivity index (χ1n) is 9.25. The third kappa shape index (κ3) is 4.11. The number of guanidine groups is 1. The number of halogens is 3.